The van der Waals surface area contributed by atoms with Gasteiger partial charge >= 0.3 is 0 Å². The summed E-state index contributed by atoms with van der Waals surface area (Å²) in [5, 5.41) is 4.33. The van der Waals surface area contributed by atoms with Crippen molar-refractivity contribution in [2.24, 2.45) is 0 Å². The molecule has 0 bridgehead atoms. The van der Waals surface area contributed by atoms with E-state index in [1.54, 1.807) is 29.1 Å². The van der Waals surface area contributed by atoms with Gasteiger partial charge in [0.1, 0.15) is 11.5 Å². The van der Waals surface area contributed by atoms with Crippen molar-refractivity contribution < 1.29 is 9.18 Å². The molecule has 0 radical (unpaired) electrons. The van der Waals surface area contributed by atoms with Gasteiger partial charge < -0.3 is 4.90 Å². The van der Waals surface area contributed by atoms with Crippen molar-refractivity contribution in [3.63, 3.8) is 0 Å². The molecule has 0 aliphatic carbocycles. The van der Waals surface area contributed by atoms with E-state index in [1.807, 2.05) is 37.8 Å². The summed E-state index contributed by atoms with van der Waals surface area (Å²) in [7, 11) is 0. The average Bonchev–Trinajstić information content (AvgIpc) is 3.23. The molecule has 30 heavy (non-hydrogen) atoms. The first-order valence-electron chi connectivity index (χ1n) is 10.5. The fraction of sp³-hybridized carbons (Fsp3) is 0.375. The van der Waals surface area contributed by atoms with Crippen LogP contribution >= 0.6 is 0 Å². The predicted octanol–water partition coefficient (Wildman–Crippen LogP) is 5.34. The number of hydrogen-bond acceptors (Lipinski definition) is 3. The summed E-state index contributed by atoms with van der Waals surface area (Å²) in [5.74, 6) is -0.256. The highest BCUT2D eigenvalue weighted by Crippen LogP contribution is 2.33. The van der Waals surface area contributed by atoms with E-state index in [1.165, 1.54) is 12.1 Å². The Morgan fingerprint density at radius 2 is 1.87 bits per heavy atom. The number of likely N-dealkylation sites (tertiary alicyclic amines) is 1. The molecule has 0 N–H and O–H groups in total. The lowest BCUT2D eigenvalue weighted by atomic mass is 9.95. The van der Waals surface area contributed by atoms with Gasteiger partial charge in [-0.15, -0.1) is 0 Å². The first-order valence-corrected chi connectivity index (χ1v) is 10.5. The molecular weight excluding hydrogens is 379 g/mol. The summed E-state index contributed by atoms with van der Waals surface area (Å²) in [5.41, 5.74) is 4.32. The maximum absolute atomic E-state index is 13.4. The van der Waals surface area contributed by atoms with Crippen LogP contribution in [-0.4, -0.2) is 32.1 Å². The second-order valence-corrected chi connectivity index (χ2v) is 8.19. The quantitative estimate of drug-likeness (QED) is 0.588. The number of hydrogen-bond donors (Lipinski definition) is 0. The Labute approximate surface area is 176 Å². The SMILES string of the molecule is Cc1cc(-c2ccc(F)cc2)cc(C2CCCCN2C(=O)c2ccnn2C(C)C)n1. The number of carbonyl (C=O) groups excluding carboxylic acids is 1. The number of nitrogens with zero attached hydrogens (tertiary/aromatic N) is 4. The van der Waals surface area contributed by atoms with Crippen LogP contribution in [-0.2, 0) is 0 Å². The topological polar surface area (TPSA) is 51.0 Å². The van der Waals surface area contributed by atoms with Crippen LogP contribution < -0.4 is 0 Å². The normalized spacial score (nSPS) is 16.8. The summed E-state index contributed by atoms with van der Waals surface area (Å²) >= 11 is 0. The zero-order chi connectivity index (χ0) is 21.3. The van der Waals surface area contributed by atoms with E-state index in [2.05, 4.69) is 5.10 Å². The third-order valence-electron chi connectivity index (χ3n) is 5.63. The number of piperidine rings is 1. The Bertz CT molecular complexity index is 1040. The van der Waals surface area contributed by atoms with Gasteiger partial charge in [-0.1, -0.05) is 12.1 Å². The third kappa shape index (κ3) is 3.99. The van der Waals surface area contributed by atoms with Gasteiger partial charge in [-0.3, -0.25) is 14.5 Å². The van der Waals surface area contributed by atoms with Gasteiger partial charge in [-0.05, 0) is 81.5 Å². The summed E-state index contributed by atoms with van der Waals surface area (Å²) in [6.07, 6.45) is 4.60. The molecule has 1 aromatic carbocycles. The first kappa shape index (κ1) is 20.3. The molecule has 3 heterocycles. The van der Waals surface area contributed by atoms with Crippen molar-refractivity contribution in [2.45, 2.75) is 52.1 Å². The molecule has 1 unspecified atom stereocenters. The number of aryl methyl sites for hydroxylation is 1. The zero-order valence-corrected chi connectivity index (χ0v) is 17.7. The van der Waals surface area contributed by atoms with Crippen LogP contribution in [0.25, 0.3) is 11.1 Å². The highest BCUT2D eigenvalue weighted by Gasteiger charge is 2.31. The van der Waals surface area contributed by atoms with Crippen molar-refractivity contribution in [2.75, 3.05) is 6.54 Å². The smallest absolute Gasteiger partial charge is 0.272 e. The van der Waals surface area contributed by atoms with E-state index >= 15 is 0 Å². The third-order valence-corrected chi connectivity index (χ3v) is 5.63. The molecule has 1 atom stereocenters. The van der Waals surface area contributed by atoms with Crippen LogP contribution in [0.15, 0.2) is 48.7 Å². The molecule has 1 amide bonds. The van der Waals surface area contributed by atoms with E-state index in [9.17, 15) is 9.18 Å². The summed E-state index contributed by atoms with van der Waals surface area (Å²) < 4.78 is 15.1. The second-order valence-electron chi connectivity index (χ2n) is 8.19. The minimum atomic E-state index is -0.254. The lowest BCUT2D eigenvalue weighted by Gasteiger charge is -2.36. The summed E-state index contributed by atoms with van der Waals surface area (Å²) in [4.78, 5) is 20.2. The first-order chi connectivity index (χ1) is 14.4. The Morgan fingerprint density at radius 3 is 2.60 bits per heavy atom. The van der Waals surface area contributed by atoms with Gasteiger partial charge in [0.2, 0.25) is 0 Å². The van der Waals surface area contributed by atoms with Gasteiger partial charge in [0.15, 0.2) is 0 Å². The summed E-state index contributed by atoms with van der Waals surface area (Å²) in [6.45, 7) is 6.71. The van der Waals surface area contributed by atoms with E-state index in [0.29, 0.717) is 12.2 Å². The molecule has 1 saturated heterocycles. The molecule has 3 aromatic rings. The Morgan fingerprint density at radius 1 is 1.10 bits per heavy atom. The second kappa shape index (κ2) is 8.38. The molecule has 6 heteroatoms. The molecule has 1 fully saturated rings. The maximum Gasteiger partial charge on any atom is 0.272 e. The highest BCUT2D eigenvalue weighted by atomic mass is 19.1. The number of halogens is 1. The fourth-order valence-corrected chi connectivity index (χ4v) is 4.20. The standard InChI is InChI=1S/C24H27FN4O/c1-16(2)29-23(11-12-26-29)24(30)28-13-5-4-6-22(28)21-15-19(14-17(3)27-21)18-7-9-20(25)10-8-18/h7-12,14-16,22H,4-6,13H2,1-3H3. The number of aromatic nitrogens is 3. The van der Waals surface area contributed by atoms with Crippen LogP contribution in [0.4, 0.5) is 4.39 Å². The molecular formula is C24H27FN4O. The number of pyridine rings is 1. The molecule has 1 aliphatic heterocycles. The highest BCUT2D eigenvalue weighted by molar-refractivity contribution is 5.93. The average molecular weight is 407 g/mol. The maximum atomic E-state index is 13.4. The number of rotatable bonds is 4. The van der Waals surface area contributed by atoms with Crippen molar-refractivity contribution >= 4 is 5.91 Å². The Kier molecular flexibility index (Phi) is 5.66. The Balaban J connectivity index is 1.70. The molecule has 5 nitrogen and oxygen atoms in total. The molecule has 1 aliphatic rings. The lowest BCUT2D eigenvalue weighted by Crippen LogP contribution is -2.40. The molecule has 2 aromatic heterocycles. The molecule has 0 spiro atoms. The van der Waals surface area contributed by atoms with Crippen LogP contribution in [0.5, 0.6) is 0 Å². The van der Waals surface area contributed by atoms with Crippen molar-refractivity contribution in [1.29, 1.82) is 0 Å². The van der Waals surface area contributed by atoms with Gasteiger partial charge in [0.05, 0.1) is 11.7 Å². The largest absolute Gasteiger partial charge is 0.329 e. The van der Waals surface area contributed by atoms with Crippen LogP contribution in [0.3, 0.4) is 0 Å². The van der Waals surface area contributed by atoms with Crippen molar-refractivity contribution in [3.05, 3.63) is 71.6 Å². The number of carbonyl (C=O) groups is 1. The van der Waals surface area contributed by atoms with Gasteiger partial charge in [0, 0.05) is 24.5 Å². The van der Waals surface area contributed by atoms with Gasteiger partial charge in [-0.25, -0.2) is 4.39 Å². The minimum absolute atomic E-state index is 0.00228. The van der Waals surface area contributed by atoms with E-state index in [-0.39, 0.29) is 23.8 Å². The van der Waals surface area contributed by atoms with E-state index < -0.39 is 0 Å². The number of benzene rings is 1. The van der Waals surface area contributed by atoms with Gasteiger partial charge in [0.25, 0.3) is 5.91 Å². The van der Waals surface area contributed by atoms with E-state index in [4.69, 9.17) is 4.98 Å². The monoisotopic (exact) mass is 406 g/mol. The minimum Gasteiger partial charge on any atom is -0.329 e. The van der Waals surface area contributed by atoms with Crippen LogP contribution in [0.1, 0.15) is 67.1 Å². The fourth-order valence-electron chi connectivity index (χ4n) is 4.20. The molecule has 4 rings (SSSR count). The predicted molar refractivity (Wildman–Crippen MR) is 115 cm³/mol. The zero-order valence-electron chi connectivity index (χ0n) is 17.7. The molecule has 156 valence electrons. The van der Waals surface area contributed by atoms with Crippen LogP contribution in [0, 0.1) is 12.7 Å². The van der Waals surface area contributed by atoms with Crippen LogP contribution in [0.2, 0.25) is 0 Å². The molecule has 0 saturated carbocycles. The summed E-state index contributed by atoms with van der Waals surface area (Å²) in [6, 6.07) is 12.3. The Hall–Kier alpha value is -3.02. The van der Waals surface area contributed by atoms with Crippen molar-refractivity contribution in [3.8, 4) is 11.1 Å². The number of amides is 1. The van der Waals surface area contributed by atoms with Gasteiger partial charge in [-0.2, -0.15) is 5.10 Å². The van der Waals surface area contributed by atoms with Crippen molar-refractivity contribution in [1.82, 2.24) is 19.7 Å². The lowest BCUT2D eigenvalue weighted by molar-refractivity contribution is 0.0591. The van der Waals surface area contributed by atoms with E-state index in [0.717, 1.165) is 41.8 Å².